The maximum absolute atomic E-state index is 13.3. The molecule has 124 valence electrons. The first kappa shape index (κ1) is 15.5. The highest BCUT2D eigenvalue weighted by atomic mass is 16.2. The summed E-state index contributed by atoms with van der Waals surface area (Å²) in [6.45, 7) is 2.03. The van der Waals surface area contributed by atoms with E-state index in [-0.39, 0.29) is 17.6 Å². The fourth-order valence-corrected chi connectivity index (χ4v) is 3.82. The van der Waals surface area contributed by atoms with Gasteiger partial charge in [0.1, 0.15) is 5.41 Å². The van der Waals surface area contributed by atoms with E-state index in [1.165, 1.54) is 13.1 Å². The molecule has 2 aromatic rings. The molecule has 0 fully saturated rings. The molecule has 0 saturated heterocycles. The standard InChI is InChI=1S/C21H17NO3/c1-3-13-8-9-14-17(12-13)21(11-10-18(14)23)16-7-5-4-6-15(16)19(24)22(2)20(21)25/h4-12H,3H2,1-2H3. The van der Waals surface area contributed by atoms with E-state index >= 15 is 0 Å². The van der Waals surface area contributed by atoms with Gasteiger partial charge in [-0.3, -0.25) is 19.3 Å². The predicted octanol–water partition coefficient (Wildman–Crippen LogP) is 2.90. The van der Waals surface area contributed by atoms with Crippen LogP contribution in [0.4, 0.5) is 0 Å². The lowest BCUT2D eigenvalue weighted by Crippen LogP contribution is -2.53. The summed E-state index contributed by atoms with van der Waals surface area (Å²) in [6, 6.07) is 12.8. The molecule has 1 unspecified atom stereocenters. The topological polar surface area (TPSA) is 54.5 Å². The third kappa shape index (κ3) is 1.91. The number of likely N-dealkylation sites (N-methyl/N-ethyl adjacent to an activating group) is 1. The van der Waals surface area contributed by atoms with Gasteiger partial charge < -0.3 is 0 Å². The summed E-state index contributed by atoms with van der Waals surface area (Å²) < 4.78 is 0. The number of carbonyl (C=O) groups is 3. The quantitative estimate of drug-likeness (QED) is 0.755. The molecule has 0 bridgehead atoms. The molecule has 2 aliphatic rings. The van der Waals surface area contributed by atoms with Gasteiger partial charge in [-0.25, -0.2) is 0 Å². The highest BCUT2D eigenvalue weighted by molar-refractivity contribution is 6.19. The van der Waals surface area contributed by atoms with Crippen LogP contribution in [0.25, 0.3) is 0 Å². The van der Waals surface area contributed by atoms with Crippen LogP contribution in [0.1, 0.15) is 44.3 Å². The van der Waals surface area contributed by atoms with Crippen molar-refractivity contribution in [1.29, 1.82) is 0 Å². The average molecular weight is 331 g/mol. The van der Waals surface area contributed by atoms with E-state index in [1.54, 1.807) is 30.3 Å². The highest BCUT2D eigenvalue weighted by Crippen LogP contribution is 2.45. The number of hydrogen-bond acceptors (Lipinski definition) is 3. The molecule has 1 aliphatic heterocycles. The minimum atomic E-state index is -1.13. The number of rotatable bonds is 1. The summed E-state index contributed by atoms with van der Waals surface area (Å²) >= 11 is 0. The van der Waals surface area contributed by atoms with Crippen LogP contribution >= 0.6 is 0 Å². The molecular weight excluding hydrogens is 314 g/mol. The van der Waals surface area contributed by atoms with Crippen molar-refractivity contribution in [3.05, 3.63) is 82.4 Å². The SMILES string of the molecule is CCc1ccc2c(c1)C1(C=CC2=O)C(=O)N(C)C(=O)c2ccccc21. The summed E-state index contributed by atoms with van der Waals surface area (Å²) in [4.78, 5) is 39.4. The Kier molecular flexibility index (Phi) is 3.25. The zero-order valence-electron chi connectivity index (χ0n) is 14.1. The van der Waals surface area contributed by atoms with Crippen molar-refractivity contribution in [3.8, 4) is 0 Å². The number of amides is 2. The van der Waals surface area contributed by atoms with E-state index in [2.05, 4.69) is 0 Å². The molecule has 1 spiro atoms. The Morgan fingerprint density at radius 3 is 2.48 bits per heavy atom. The number of hydrogen-bond donors (Lipinski definition) is 0. The van der Waals surface area contributed by atoms with Gasteiger partial charge in [0.05, 0.1) is 0 Å². The van der Waals surface area contributed by atoms with Gasteiger partial charge in [-0.2, -0.15) is 0 Å². The molecule has 2 aromatic carbocycles. The number of imide groups is 1. The van der Waals surface area contributed by atoms with Crippen molar-refractivity contribution in [2.45, 2.75) is 18.8 Å². The number of ketones is 1. The Bertz CT molecular complexity index is 973. The molecule has 0 radical (unpaired) electrons. The minimum absolute atomic E-state index is 0.117. The second-order valence-corrected chi connectivity index (χ2v) is 6.45. The van der Waals surface area contributed by atoms with Gasteiger partial charge >= 0.3 is 0 Å². The second kappa shape index (κ2) is 5.24. The molecule has 1 heterocycles. The molecular formula is C21H17NO3. The molecule has 0 saturated carbocycles. The third-order valence-corrected chi connectivity index (χ3v) is 5.20. The Morgan fingerprint density at radius 2 is 1.72 bits per heavy atom. The third-order valence-electron chi connectivity index (χ3n) is 5.20. The largest absolute Gasteiger partial charge is 0.289 e. The first-order valence-electron chi connectivity index (χ1n) is 8.29. The number of aryl methyl sites for hydroxylation is 1. The normalized spacial score (nSPS) is 21.5. The van der Waals surface area contributed by atoms with Crippen LogP contribution in [0, 0.1) is 0 Å². The van der Waals surface area contributed by atoms with Gasteiger partial charge in [-0.15, -0.1) is 0 Å². The fraction of sp³-hybridized carbons (Fsp3) is 0.190. The van der Waals surface area contributed by atoms with Crippen molar-refractivity contribution < 1.29 is 14.4 Å². The smallest absolute Gasteiger partial charge is 0.260 e. The number of benzene rings is 2. The van der Waals surface area contributed by atoms with Gasteiger partial charge in [-0.05, 0) is 35.3 Å². The summed E-state index contributed by atoms with van der Waals surface area (Å²) in [6.07, 6.45) is 3.90. The summed E-state index contributed by atoms with van der Waals surface area (Å²) in [5.41, 5.74) is 2.24. The number of allylic oxidation sites excluding steroid dienone is 1. The maximum Gasteiger partial charge on any atom is 0.260 e. The van der Waals surface area contributed by atoms with Crippen LogP contribution < -0.4 is 0 Å². The second-order valence-electron chi connectivity index (χ2n) is 6.45. The number of fused-ring (bicyclic) bond motifs is 4. The zero-order valence-corrected chi connectivity index (χ0v) is 14.1. The lowest BCUT2D eigenvalue weighted by Gasteiger charge is -2.41. The van der Waals surface area contributed by atoms with Crippen LogP contribution in [0.5, 0.6) is 0 Å². The Labute approximate surface area is 145 Å². The van der Waals surface area contributed by atoms with E-state index in [9.17, 15) is 14.4 Å². The molecule has 2 amide bonds. The molecule has 25 heavy (non-hydrogen) atoms. The van der Waals surface area contributed by atoms with Crippen molar-refractivity contribution in [2.24, 2.45) is 0 Å². The molecule has 1 atom stereocenters. The molecule has 1 aliphatic carbocycles. The minimum Gasteiger partial charge on any atom is -0.289 e. The Hall–Kier alpha value is -3.01. The first-order chi connectivity index (χ1) is 12.0. The van der Waals surface area contributed by atoms with Crippen LogP contribution in [0.3, 0.4) is 0 Å². The molecule has 0 N–H and O–H groups in total. The van der Waals surface area contributed by atoms with E-state index in [0.29, 0.717) is 22.3 Å². The van der Waals surface area contributed by atoms with Crippen molar-refractivity contribution in [3.63, 3.8) is 0 Å². The van der Waals surface area contributed by atoms with Crippen molar-refractivity contribution >= 4 is 17.6 Å². The van der Waals surface area contributed by atoms with Crippen LogP contribution in [-0.2, 0) is 16.6 Å². The lowest BCUT2D eigenvalue weighted by atomic mass is 9.65. The lowest BCUT2D eigenvalue weighted by molar-refractivity contribution is -0.131. The predicted molar refractivity (Wildman–Crippen MR) is 93.6 cm³/mol. The van der Waals surface area contributed by atoms with Crippen molar-refractivity contribution in [2.75, 3.05) is 7.05 Å². The maximum atomic E-state index is 13.3. The van der Waals surface area contributed by atoms with Crippen LogP contribution in [0.2, 0.25) is 0 Å². The van der Waals surface area contributed by atoms with E-state index < -0.39 is 5.41 Å². The van der Waals surface area contributed by atoms with E-state index in [1.807, 2.05) is 25.1 Å². The monoisotopic (exact) mass is 331 g/mol. The molecule has 0 aromatic heterocycles. The fourth-order valence-electron chi connectivity index (χ4n) is 3.82. The van der Waals surface area contributed by atoms with Gasteiger partial charge in [0.2, 0.25) is 5.91 Å². The van der Waals surface area contributed by atoms with Gasteiger partial charge in [-0.1, -0.05) is 49.4 Å². The Balaban J connectivity index is 2.12. The zero-order chi connectivity index (χ0) is 17.8. The summed E-state index contributed by atoms with van der Waals surface area (Å²) in [5, 5.41) is 0. The number of nitrogens with zero attached hydrogens (tertiary/aromatic N) is 1. The average Bonchev–Trinajstić information content (AvgIpc) is 2.66. The highest BCUT2D eigenvalue weighted by Gasteiger charge is 2.51. The van der Waals surface area contributed by atoms with E-state index in [0.717, 1.165) is 16.9 Å². The first-order valence-corrected chi connectivity index (χ1v) is 8.29. The Morgan fingerprint density at radius 1 is 0.960 bits per heavy atom. The van der Waals surface area contributed by atoms with Gasteiger partial charge in [0.15, 0.2) is 5.78 Å². The van der Waals surface area contributed by atoms with E-state index in [4.69, 9.17) is 0 Å². The van der Waals surface area contributed by atoms with Crippen LogP contribution in [0.15, 0.2) is 54.6 Å². The van der Waals surface area contributed by atoms with Crippen LogP contribution in [-0.4, -0.2) is 29.5 Å². The molecule has 4 heteroatoms. The number of carbonyl (C=O) groups excluding carboxylic acids is 3. The molecule has 4 nitrogen and oxygen atoms in total. The summed E-state index contributed by atoms with van der Waals surface area (Å²) in [5.74, 6) is -0.757. The van der Waals surface area contributed by atoms with Crippen molar-refractivity contribution in [1.82, 2.24) is 4.90 Å². The summed E-state index contributed by atoms with van der Waals surface area (Å²) in [7, 11) is 1.50. The van der Waals surface area contributed by atoms with Gasteiger partial charge in [0, 0.05) is 18.2 Å². The van der Waals surface area contributed by atoms with Gasteiger partial charge in [0.25, 0.3) is 5.91 Å². The molecule has 4 rings (SSSR count).